The largest absolute Gasteiger partial charge is 0.355 e. The van der Waals surface area contributed by atoms with Gasteiger partial charge in [-0.05, 0) is 5.56 Å². The molecule has 2 aromatic rings. The predicted octanol–water partition coefficient (Wildman–Crippen LogP) is 1.28. The fraction of sp³-hybridized carbons (Fsp3) is 0.444. The Labute approximate surface area is 177 Å². The molecule has 27 heavy (non-hydrogen) atoms. The second-order valence-corrected chi connectivity index (χ2v) is 6.01. The maximum Gasteiger partial charge on any atom is 0.241 e. The molecule has 0 radical (unpaired) electrons. The molecular weight excluding hydrogens is 457 g/mol. The van der Waals surface area contributed by atoms with Gasteiger partial charge in [0.1, 0.15) is 12.2 Å². The molecule has 0 spiro atoms. The summed E-state index contributed by atoms with van der Waals surface area (Å²) in [5.74, 6) is 1.55. The minimum absolute atomic E-state index is 0. The number of aliphatic imine (C=N–C) groups is 1. The van der Waals surface area contributed by atoms with Crippen molar-refractivity contribution >= 4 is 35.8 Å². The van der Waals surface area contributed by atoms with E-state index in [1.165, 1.54) is 0 Å². The second kappa shape index (κ2) is 12.3. The number of hydrogen-bond acceptors (Lipinski definition) is 4. The van der Waals surface area contributed by atoms with E-state index in [0.717, 1.165) is 24.4 Å². The van der Waals surface area contributed by atoms with E-state index >= 15 is 0 Å². The molecule has 1 aromatic heterocycles. The lowest BCUT2D eigenvalue weighted by Gasteiger charge is -2.15. The highest BCUT2D eigenvalue weighted by Crippen LogP contribution is 2.00. The van der Waals surface area contributed by atoms with Gasteiger partial charge in [-0.15, -0.1) is 34.2 Å². The van der Waals surface area contributed by atoms with Gasteiger partial charge in [-0.1, -0.05) is 37.3 Å². The van der Waals surface area contributed by atoms with Crippen molar-refractivity contribution < 1.29 is 4.79 Å². The highest BCUT2D eigenvalue weighted by atomic mass is 127. The first-order valence-electron chi connectivity index (χ1n) is 8.73. The van der Waals surface area contributed by atoms with Crippen LogP contribution in [0.15, 0.2) is 41.7 Å². The van der Waals surface area contributed by atoms with E-state index in [0.29, 0.717) is 19.0 Å². The third-order valence-corrected chi connectivity index (χ3v) is 3.83. The average molecular weight is 485 g/mol. The van der Waals surface area contributed by atoms with Crippen LogP contribution in [0.3, 0.4) is 0 Å². The van der Waals surface area contributed by atoms with Crippen molar-refractivity contribution in [3.63, 3.8) is 0 Å². The SMILES string of the molecule is CCc1nncn1CCNC(=NCc1ccccc1)NCC(=O)N(C)C.I. The van der Waals surface area contributed by atoms with E-state index in [9.17, 15) is 4.79 Å². The standard InChI is InChI=1S/C18H27N7O.HI/c1-4-16-23-22-14-25(16)11-10-19-18(21-13-17(26)24(2)3)20-12-15-8-6-5-7-9-15;/h5-9,14H,4,10-13H2,1-3H3,(H2,19,20,21);1H. The van der Waals surface area contributed by atoms with Gasteiger partial charge in [-0.3, -0.25) is 4.79 Å². The minimum atomic E-state index is -0.00806. The first-order chi connectivity index (χ1) is 12.6. The van der Waals surface area contributed by atoms with Crippen molar-refractivity contribution in [1.82, 2.24) is 30.3 Å². The quantitative estimate of drug-likeness (QED) is 0.334. The number of carbonyl (C=O) groups is 1. The summed E-state index contributed by atoms with van der Waals surface area (Å²) in [6.07, 6.45) is 2.56. The van der Waals surface area contributed by atoms with Crippen molar-refractivity contribution in [3.05, 3.63) is 48.0 Å². The average Bonchev–Trinajstić information content (AvgIpc) is 3.11. The van der Waals surface area contributed by atoms with Crippen LogP contribution in [0.4, 0.5) is 0 Å². The van der Waals surface area contributed by atoms with Crippen molar-refractivity contribution in [1.29, 1.82) is 0 Å². The van der Waals surface area contributed by atoms with Gasteiger partial charge in [-0.2, -0.15) is 0 Å². The van der Waals surface area contributed by atoms with Crippen LogP contribution < -0.4 is 10.6 Å². The summed E-state index contributed by atoms with van der Waals surface area (Å²) in [6.45, 7) is 4.17. The van der Waals surface area contributed by atoms with Gasteiger partial charge in [0.15, 0.2) is 5.96 Å². The molecule has 0 aliphatic heterocycles. The van der Waals surface area contributed by atoms with Gasteiger partial charge in [-0.25, -0.2) is 4.99 Å². The first kappa shape index (κ1) is 22.9. The smallest absolute Gasteiger partial charge is 0.241 e. The molecule has 1 aromatic carbocycles. The van der Waals surface area contributed by atoms with E-state index in [2.05, 4.69) is 32.7 Å². The summed E-state index contributed by atoms with van der Waals surface area (Å²) < 4.78 is 2.01. The zero-order valence-electron chi connectivity index (χ0n) is 16.1. The number of amides is 1. The Bertz CT molecular complexity index is 716. The van der Waals surface area contributed by atoms with Crippen LogP contribution in [0.2, 0.25) is 0 Å². The second-order valence-electron chi connectivity index (χ2n) is 6.01. The highest BCUT2D eigenvalue weighted by Gasteiger charge is 2.06. The Morgan fingerprint density at radius 2 is 1.96 bits per heavy atom. The molecule has 0 fully saturated rings. The van der Waals surface area contributed by atoms with Crippen LogP contribution in [-0.2, 0) is 24.3 Å². The van der Waals surface area contributed by atoms with Crippen LogP contribution in [-0.4, -0.2) is 58.7 Å². The first-order valence-corrected chi connectivity index (χ1v) is 8.73. The molecule has 0 aliphatic carbocycles. The lowest BCUT2D eigenvalue weighted by molar-refractivity contribution is -0.127. The van der Waals surface area contributed by atoms with Crippen molar-refractivity contribution in [3.8, 4) is 0 Å². The Balaban J connectivity index is 0.00000364. The summed E-state index contributed by atoms with van der Waals surface area (Å²) in [5.41, 5.74) is 1.11. The van der Waals surface area contributed by atoms with Crippen LogP contribution >= 0.6 is 24.0 Å². The van der Waals surface area contributed by atoms with Crippen LogP contribution in [0.25, 0.3) is 0 Å². The molecule has 0 bridgehead atoms. The summed E-state index contributed by atoms with van der Waals surface area (Å²) in [7, 11) is 3.47. The predicted molar refractivity (Wildman–Crippen MR) is 117 cm³/mol. The van der Waals surface area contributed by atoms with Gasteiger partial charge in [0, 0.05) is 33.6 Å². The summed E-state index contributed by atoms with van der Waals surface area (Å²) in [6, 6.07) is 10.00. The number of aromatic nitrogens is 3. The van der Waals surface area contributed by atoms with Gasteiger partial charge in [0.2, 0.25) is 5.91 Å². The molecule has 2 rings (SSSR count). The Morgan fingerprint density at radius 3 is 2.63 bits per heavy atom. The van der Waals surface area contributed by atoms with Crippen LogP contribution in [0.1, 0.15) is 18.3 Å². The van der Waals surface area contributed by atoms with Gasteiger partial charge >= 0.3 is 0 Å². The van der Waals surface area contributed by atoms with E-state index in [1.807, 2.05) is 34.9 Å². The molecule has 148 valence electrons. The van der Waals surface area contributed by atoms with Crippen molar-refractivity contribution in [2.75, 3.05) is 27.2 Å². The Hall–Kier alpha value is -2.17. The van der Waals surface area contributed by atoms with E-state index in [-0.39, 0.29) is 36.4 Å². The third-order valence-electron chi connectivity index (χ3n) is 3.83. The molecule has 0 aliphatic rings. The number of benzene rings is 1. The normalized spacial score (nSPS) is 10.9. The maximum atomic E-state index is 11.8. The summed E-state index contributed by atoms with van der Waals surface area (Å²) in [4.78, 5) is 17.9. The molecule has 0 saturated heterocycles. The zero-order valence-corrected chi connectivity index (χ0v) is 18.4. The van der Waals surface area contributed by atoms with Gasteiger partial charge < -0.3 is 20.1 Å². The minimum Gasteiger partial charge on any atom is -0.355 e. The number of aryl methyl sites for hydroxylation is 1. The number of nitrogens with zero attached hydrogens (tertiary/aromatic N) is 5. The zero-order chi connectivity index (χ0) is 18.8. The van der Waals surface area contributed by atoms with E-state index in [1.54, 1.807) is 25.3 Å². The molecule has 0 saturated carbocycles. The third kappa shape index (κ3) is 7.94. The molecule has 8 nitrogen and oxygen atoms in total. The van der Waals surface area contributed by atoms with Crippen molar-refractivity contribution in [2.45, 2.75) is 26.4 Å². The molecule has 0 atom stereocenters. The van der Waals surface area contributed by atoms with E-state index in [4.69, 9.17) is 0 Å². The molecule has 1 heterocycles. The lowest BCUT2D eigenvalue weighted by Crippen LogP contribution is -2.43. The number of carbonyl (C=O) groups excluding carboxylic acids is 1. The summed E-state index contributed by atoms with van der Waals surface area (Å²) >= 11 is 0. The monoisotopic (exact) mass is 485 g/mol. The van der Waals surface area contributed by atoms with E-state index < -0.39 is 0 Å². The number of hydrogen-bond donors (Lipinski definition) is 2. The maximum absolute atomic E-state index is 11.8. The number of nitrogens with one attached hydrogen (secondary N) is 2. The topological polar surface area (TPSA) is 87.4 Å². The number of guanidine groups is 1. The van der Waals surface area contributed by atoms with Gasteiger partial charge in [0.05, 0.1) is 13.1 Å². The Kier molecular flexibility index (Phi) is 10.4. The molecule has 1 amide bonds. The highest BCUT2D eigenvalue weighted by molar-refractivity contribution is 14.0. The fourth-order valence-corrected chi connectivity index (χ4v) is 2.28. The fourth-order valence-electron chi connectivity index (χ4n) is 2.28. The summed E-state index contributed by atoms with van der Waals surface area (Å²) in [5, 5.41) is 14.4. The number of likely N-dealkylation sites (N-methyl/N-ethyl adjacent to an activating group) is 1. The van der Waals surface area contributed by atoms with Gasteiger partial charge in [0.25, 0.3) is 0 Å². The van der Waals surface area contributed by atoms with Crippen molar-refractivity contribution in [2.24, 2.45) is 4.99 Å². The molecular formula is C18H28IN7O. The number of rotatable bonds is 8. The molecule has 2 N–H and O–H groups in total. The van der Waals surface area contributed by atoms with Crippen LogP contribution in [0, 0.1) is 0 Å². The lowest BCUT2D eigenvalue weighted by atomic mass is 10.2. The Morgan fingerprint density at radius 1 is 1.22 bits per heavy atom. The molecule has 0 unspecified atom stereocenters. The molecule has 9 heteroatoms. The van der Waals surface area contributed by atoms with Crippen LogP contribution in [0.5, 0.6) is 0 Å². The number of halogens is 1.